The summed E-state index contributed by atoms with van der Waals surface area (Å²) in [6.45, 7) is 7.57. The number of aryl methyl sites for hydroxylation is 1. The van der Waals surface area contributed by atoms with E-state index in [4.69, 9.17) is 10.5 Å². The van der Waals surface area contributed by atoms with Crippen molar-refractivity contribution in [2.75, 3.05) is 20.7 Å². The predicted molar refractivity (Wildman–Crippen MR) is 88.9 cm³/mol. The molecule has 1 aromatic carbocycles. The molecule has 3 heteroatoms. The van der Waals surface area contributed by atoms with E-state index < -0.39 is 0 Å². The fourth-order valence-corrected chi connectivity index (χ4v) is 3.42. The molecule has 0 fully saturated rings. The van der Waals surface area contributed by atoms with Gasteiger partial charge in [-0.2, -0.15) is 0 Å². The van der Waals surface area contributed by atoms with Crippen molar-refractivity contribution in [1.82, 2.24) is 4.90 Å². The van der Waals surface area contributed by atoms with Gasteiger partial charge in [0.2, 0.25) is 0 Å². The normalized spacial score (nSPS) is 22.2. The summed E-state index contributed by atoms with van der Waals surface area (Å²) in [5.41, 5.74) is 9.30. The third-order valence-electron chi connectivity index (χ3n) is 5.66. The van der Waals surface area contributed by atoms with Crippen LogP contribution in [0.4, 0.5) is 0 Å². The highest BCUT2D eigenvalue weighted by Gasteiger charge is 2.42. The Kier molecular flexibility index (Phi) is 4.64. The lowest BCUT2D eigenvalue weighted by atomic mass is 9.75. The summed E-state index contributed by atoms with van der Waals surface area (Å²) in [6.07, 6.45) is 4.36. The third kappa shape index (κ3) is 2.95. The van der Waals surface area contributed by atoms with Crippen LogP contribution < -0.4 is 10.5 Å². The molecule has 3 nitrogen and oxygen atoms in total. The summed E-state index contributed by atoms with van der Waals surface area (Å²) in [6, 6.07) is 6.46. The highest BCUT2D eigenvalue weighted by atomic mass is 16.5. The summed E-state index contributed by atoms with van der Waals surface area (Å²) in [7, 11) is 3.97. The van der Waals surface area contributed by atoms with Crippen LogP contribution in [0.3, 0.4) is 0 Å². The lowest BCUT2D eigenvalue weighted by Crippen LogP contribution is -2.62. The molecule has 1 atom stereocenters. The van der Waals surface area contributed by atoms with Crippen LogP contribution in [0.25, 0.3) is 0 Å². The number of nitrogens with two attached hydrogens (primary N) is 1. The van der Waals surface area contributed by atoms with Gasteiger partial charge in [-0.25, -0.2) is 0 Å². The maximum atomic E-state index is 6.25. The van der Waals surface area contributed by atoms with Gasteiger partial charge < -0.3 is 10.5 Å². The number of hydrogen-bond acceptors (Lipinski definition) is 3. The lowest BCUT2D eigenvalue weighted by Gasteiger charge is -2.51. The van der Waals surface area contributed by atoms with Crippen LogP contribution in [-0.4, -0.2) is 36.7 Å². The van der Waals surface area contributed by atoms with Crippen LogP contribution in [0.15, 0.2) is 18.2 Å². The number of benzene rings is 1. The Bertz CT molecular complexity index is 498. The largest absolute Gasteiger partial charge is 0.497 e. The first-order valence-electron chi connectivity index (χ1n) is 7.98. The van der Waals surface area contributed by atoms with Crippen molar-refractivity contribution in [1.29, 1.82) is 0 Å². The monoisotopic (exact) mass is 290 g/mol. The Balaban J connectivity index is 2.35. The zero-order valence-corrected chi connectivity index (χ0v) is 14.2. The van der Waals surface area contributed by atoms with Crippen molar-refractivity contribution in [3.63, 3.8) is 0 Å². The van der Waals surface area contributed by atoms with E-state index in [-0.39, 0.29) is 11.1 Å². The molecular formula is C18H30N2O. The topological polar surface area (TPSA) is 38.5 Å². The molecule has 1 aliphatic rings. The van der Waals surface area contributed by atoms with Gasteiger partial charge in [0, 0.05) is 17.6 Å². The van der Waals surface area contributed by atoms with Gasteiger partial charge in [-0.15, -0.1) is 0 Å². The second-order valence-corrected chi connectivity index (χ2v) is 6.96. The molecule has 2 N–H and O–H groups in total. The molecule has 1 aromatic rings. The van der Waals surface area contributed by atoms with Gasteiger partial charge in [-0.05, 0) is 69.8 Å². The van der Waals surface area contributed by atoms with Crippen LogP contribution >= 0.6 is 0 Å². The van der Waals surface area contributed by atoms with Gasteiger partial charge in [0.1, 0.15) is 5.75 Å². The number of rotatable bonds is 5. The van der Waals surface area contributed by atoms with Gasteiger partial charge >= 0.3 is 0 Å². The van der Waals surface area contributed by atoms with Crippen molar-refractivity contribution < 1.29 is 4.74 Å². The Labute approximate surface area is 129 Å². The number of nitrogens with zero attached hydrogens (tertiary/aromatic N) is 1. The van der Waals surface area contributed by atoms with Crippen LogP contribution in [-0.2, 0) is 12.8 Å². The third-order valence-corrected chi connectivity index (χ3v) is 5.66. The first-order chi connectivity index (χ1) is 9.88. The summed E-state index contributed by atoms with van der Waals surface area (Å²) in [5.74, 6) is 0.943. The summed E-state index contributed by atoms with van der Waals surface area (Å²) in [5, 5.41) is 0. The zero-order valence-electron chi connectivity index (χ0n) is 14.2. The molecular weight excluding hydrogens is 260 g/mol. The van der Waals surface area contributed by atoms with Crippen molar-refractivity contribution in [3.05, 3.63) is 29.3 Å². The van der Waals surface area contributed by atoms with E-state index >= 15 is 0 Å². The molecule has 118 valence electrons. The average Bonchev–Trinajstić information content (AvgIpc) is 2.52. The van der Waals surface area contributed by atoms with Crippen LogP contribution in [0, 0.1) is 0 Å². The van der Waals surface area contributed by atoms with Crippen molar-refractivity contribution in [3.8, 4) is 5.75 Å². The molecule has 1 aliphatic carbocycles. The maximum Gasteiger partial charge on any atom is 0.119 e. The molecule has 21 heavy (non-hydrogen) atoms. The number of hydrogen-bond donors (Lipinski definition) is 1. The van der Waals surface area contributed by atoms with E-state index in [0.717, 1.165) is 31.4 Å². The summed E-state index contributed by atoms with van der Waals surface area (Å²) < 4.78 is 5.39. The van der Waals surface area contributed by atoms with Gasteiger partial charge in [-0.1, -0.05) is 13.0 Å². The Hall–Kier alpha value is -1.06. The van der Waals surface area contributed by atoms with E-state index in [2.05, 4.69) is 50.9 Å². The van der Waals surface area contributed by atoms with Gasteiger partial charge in [0.15, 0.2) is 0 Å². The molecule has 2 rings (SSSR count). The zero-order chi connectivity index (χ0) is 15.7. The first kappa shape index (κ1) is 16.3. The molecule has 0 aliphatic heterocycles. The average molecular weight is 290 g/mol. The predicted octanol–water partition coefficient (Wildman–Crippen LogP) is 3.00. The Morgan fingerprint density at radius 1 is 1.33 bits per heavy atom. The minimum absolute atomic E-state index is 0.0544. The summed E-state index contributed by atoms with van der Waals surface area (Å²) >= 11 is 0. The van der Waals surface area contributed by atoms with Gasteiger partial charge in [-0.3, -0.25) is 4.90 Å². The highest BCUT2D eigenvalue weighted by molar-refractivity contribution is 5.39. The molecule has 0 amide bonds. The molecule has 0 radical (unpaired) electrons. The fourth-order valence-electron chi connectivity index (χ4n) is 3.42. The van der Waals surface area contributed by atoms with Crippen LogP contribution in [0.1, 0.15) is 44.7 Å². The number of likely N-dealkylation sites (N-methyl/N-ethyl adjacent to an activating group) is 1. The van der Waals surface area contributed by atoms with E-state index in [1.54, 1.807) is 7.11 Å². The maximum absolute atomic E-state index is 6.25. The second kappa shape index (κ2) is 5.98. The van der Waals surface area contributed by atoms with Gasteiger partial charge in [0.25, 0.3) is 0 Å². The van der Waals surface area contributed by atoms with E-state index in [9.17, 15) is 0 Å². The van der Waals surface area contributed by atoms with Crippen molar-refractivity contribution in [2.24, 2.45) is 5.73 Å². The van der Waals surface area contributed by atoms with Crippen LogP contribution in [0.5, 0.6) is 5.75 Å². The minimum atomic E-state index is 0.0544. The van der Waals surface area contributed by atoms with E-state index in [0.29, 0.717) is 6.54 Å². The lowest BCUT2D eigenvalue weighted by molar-refractivity contribution is 0.0139. The molecule has 0 heterocycles. The number of ether oxygens (including phenoxy) is 1. The molecule has 0 bridgehead atoms. The second-order valence-electron chi connectivity index (χ2n) is 6.96. The number of fused-ring (bicyclic) bond motifs is 1. The Morgan fingerprint density at radius 2 is 2.05 bits per heavy atom. The van der Waals surface area contributed by atoms with Gasteiger partial charge in [0.05, 0.1) is 7.11 Å². The van der Waals surface area contributed by atoms with E-state index in [1.165, 1.54) is 11.1 Å². The first-order valence-corrected chi connectivity index (χ1v) is 7.98. The minimum Gasteiger partial charge on any atom is -0.497 e. The Morgan fingerprint density at radius 3 is 2.62 bits per heavy atom. The van der Waals surface area contributed by atoms with Crippen molar-refractivity contribution >= 4 is 0 Å². The molecule has 0 saturated carbocycles. The smallest absolute Gasteiger partial charge is 0.119 e. The number of methoxy groups -OCH3 is 1. The van der Waals surface area contributed by atoms with E-state index in [1.807, 2.05) is 0 Å². The van der Waals surface area contributed by atoms with Crippen LogP contribution in [0.2, 0.25) is 0 Å². The molecule has 0 spiro atoms. The molecule has 0 aromatic heterocycles. The highest BCUT2D eigenvalue weighted by Crippen LogP contribution is 2.37. The van der Waals surface area contributed by atoms with Crippen molar-refractivity contribution in [2.45, 2.75) is 57.5 Å². The summed E-state index contributed by atoms with van der Waals surface area (Å²) in [4.78, 5) is 2.52. The molecule has 1 unspecified atom stereocenters. The standard InChI is InChI=1S/C18H30N2O/c1-6-17(2,3)20(4)18(13-19)10-9-14-7-8-16(21-5)11-15(14)12-18/h7-8,11H,6,9-10,12-13,19H2,1-5H3. The quantitative estimate of drug-likeness (QED) is 0.906. The fraction of sp³-hybridized carbons (Fsp3) is 0.667. The SMILES string of the molecule is CCC(C)(C)N(C)C1(CN)CCc2ccc(OC)cc2C1. The molecule has 0 saturated heterocycles.